The van der Waals surface area contributed by atoms with Crippen molar-refractivity contribution in [2.75, 3.05) is 7.05 Å². The number of rotatable bonds is 7. The van der Waals surface area contributed by atoms with E-state index in [1.807, 2.05) is 12.1 Å². The topological polar surface area (TPSA) is 79.5 Å². The number of hydrogen-bond acceptors (Lipinski definition) is 2. The van der Waals surface area contributed by atoms with Crippen LogP contribution in [0.15, 0.2) is 53.5 Å². The molecule has 5 nitrogen and oxygen atoms in total. The molecule has 2 aromatic rings. The lowest BCUT2D eigenvalue weighted by molar-refractivity contribution is 0.1000. The number of guanidine groups is 1. The SMILES string of the molecule is CN=C(NCc1cccc(C(N)=O)c1)NC(C)c1ccc(CC(C)C)cc1.I. The number of benzene rings is 2. The summed E-state index contributed by atoms with van der Waals surface area (Å²) in [5, 5.41) is 6.67. The summed E-state index contributed by atoms with van der Waals surface area (Å²) in [5.41, 5.74) is 9.38. The monoisotopic (exact) mass is 494 g/mol. The number of hydrogen-bond donors (Lipinski definition) is 3. The number of aliphatic imine (C=N–C) groups is 1. The molecule has 152 valence electrons. The van der Waals surface area contributed by atoms with Gasteiger partial charge in [0.15, 0.2) is 5.96 Å². The van der Waals surface area contributed by atoms with Crippen LogP contribution in [0.1, 0.15) is 53.9 Å². The average molecular weight is 494 g/mol. The first kappa shape index (κ1) is 23.9. The molecule has 4 N–H and O–H groups in total. The van der Waals surface area contributed by atoms with Crippen molar-refractivity contribution in [2.24, 2.45) is 16.6 Å². The summed E-state index contributed by atoms with van der Waals surface area (Å²) >= 11 is 0. The van der Waals surface area contributed by atoms with E-state index in [-0.39, 0.29) is 30.0 Å². The molecule has 0 fully saturated rings. The lowest BCUT2D eigenvalue weighted by Gasteiger charge is -2.19. The van der Waals surface area contributed by atoms with E-state index in [1.54, 1.807) is 19.2 Å². The van der Waals surface area contributed by atoms with Crippen LogP contribution in [0, 0.1) is 5.92 Å². The number of halogens is 1. The molecular formula is C22H31IN4O. The van der Waals surface area contributed by atoms with Crippen LogP contribution in [0.3, 0.4) is 0 Å². The van der Waals surface area contributed by atoms with Crippen molar-refractivity contribution in [2.45, 2.75) is 39.8 Å². The normalized spacial score (nSPS) is 12.2. The van der Waals surface area contributed by atoms with Crippen molar-refractivity contribution in [3.8, 4) is 0 Å². The number of nitrogens with two attached hydrogens (primary N) is 1. The predicted octanol–water partition coefficient (Wildman–Crippen LogP) is 4.03. The maximum Gasteiger partial charge on any atom is 0.248 e. The summed E-state index contributed by atoms with van der Waals surface area (Å²) in [7, 11) is 1.74. The van der Waals surface area contributed by atoms with Gasteiger partial charge in [-0.25, -0.2) is 0 Å². The Labute approximate surface area is 185 Å². The molecule has 0 aliphatic carbocycles. The minimum absolute atomic E-state index is 0. The highest BCUT2D eigenvalue weighted by Crippen LogP contribution is 2.15. The van der Waals surface area contributed by atoms with Gasteiger partial charge >= 0.3 is 0 Å². The quantitative estimate of drug-likeness (QED) is 0.309. The maximum absolute atomic E-state index is 11.3. The highest BCUT2D eigenvalue weighted by Gasteiger charge is 2.09. The van der Waals surface area contributed by atoms with E-state index in [9.17, 15) is 4.79 Å². The molecule has 0 aliphatic heterocycles. The van der Waals surface area contributed by atoms with Gasteiger partial charge < -0.3 is 16.4 Å². The smallest absolute Gasteiger partial charge is 0.248 e. The fraction of sp³-hybridized carbons (Fsp3) is 0.364. The second kappa shape index (κ2) is 11.7. The zero-order valence-electron chi connectivity index (χ0n) is 17.0. The van der Waals surface area contributed by atoms with Crippen LogP contribution in [0.25, 0.3) is 0 Å². The van der Waals surface area contributed by atoms with Crippen LogP contribution in [-0.2, 0) is 13.0 Å². The molecule has 0 spiro atoms. The molecule has 0 aromatic heterocycles. The number of carbonyl (C=O) groups is 1. The molecule has 1 unspecified atom stereocenters. The number of amides is 1. The Bertz CT molecular complexity index is 787. The first-order valence-corrected chi connectivity index (χ1v) is 9.33. The molecule has 1 amide bonds. The fourth-order valence-electron chi connectivity index (χ4n) is 2.92. The molecule has 0 saturated heterocycles. The fourth-order valence-corrected chi connectivity index (χ4v) is 2.92. The Morgan fingerprint density at radius 1 is 1.07 bits per heavy atom. The average Bonchev–Trinajstić information content (AvgIpc) is 2.65. The van der Waals surface area contributed by atoms with Crippen molar-refractivity contribution in [1.82, 2.24) is 10.6 Å². The zero-order chi connectivity index (χ0) is 19.8. The Balaban J connectivity index is 0.00000392. The van der Waals surface area contributed by atoms with Gasteiger partial charge in [0.2, 0.25) is 5.91 Å². The molecule has 28 heavy (non-hydrogen) atoms. The van der Waals surface area contributed by atoms with Crippen molar-refractivity contribution < 1.29 is 4.79 Å². The number of carbonyl (C=O) groups excluding carboxylic acids is 1. The second-order valence-corrected chi connectivity index (χ2v) is 7.20. The largest absolute Gasteiger partial charge is 0.366 e. The van der Waals surface area contributed by atoms with E-state index in [2.05, 4.69) is 60.7 Å². The Hall–Kier alpha value is -2.09. The van der Waals surface area contributed by atoms with Crippen LogP contribution >= 0.6 is 24.0 Å². The Morgan fingerprint density at radius 3 is 2.32 bits per heavy atom. The molecule has 0 heterocycles. The molecule has 0 radical (unpaired) electrons. The van der Waals surface area contributed by atoms with E-state index in [0.717, 1.165) is 12.0 Å². The van der Waals surface area contributed by atoms with Crippen molar-refractivity contribution in [3.05, 3.63) is 70.8 Å². The molecule has 6 heteroatoms. The van der Waals surface area contributed by atoms with Gasteiger partial charge in [-0.05, 0) is 48.1 Å². The van der Waals surface area contributed by atoms with Gasteiger partial charge in [0.1, 0.15) is 0 Å². The number of primary amides is 1. The second-order valence-electron chi connectivity index (χ2n) is 7.20. The zero-order valence-corrected chi connectivity index (χ0v) is 19.4. The summed E-state index contributed by atoms with van der Waals surface area (Å²) in [6, 6.07) is 16.1. The standard InChI is InChI=1S/C22H30N4O.HI/c1-15(2)12-17-8-10-19(11-9-17)16(3)26-22(24-4)25-14-18-6-5-7-20(13-18)21(23)27;/h5-11,13,15-16H,12,14H2,1-4H3,(H2,23,27)(H2,24,25,26);1H. The van der Waals surface area contributed by atoms with E-state index < -0.39 is 5.91 Å². The van der Waals surface area contributed by atoms with E-state index in [4.69, 9.17) is 5.73 Å². The van der Waals surface area contributed by atoms with Crippen molar-refractivity contribution in [3.63, 3.8) is 0 Å². The molecule has 0 aliphatic rings. The van der Waals surface area contributed by atoms with Gasteiger partial charge in [0.05, 0.1) is 6.04 Å². The number of nitrogens with one attached hydrogen (secondary N) is 2. The summed E-state index contributed by atoms with van der Waals surface area (Å²) < 4.78 is 0. The highest BCUT2D eigenvalue weighted by atomic mass is 127. The molecule has 2 rings (SSSR count). The van der Waals surface area contributed by atoms with Gasteiger partial charge in [0.25, 0.3) is 0 Å². The van der Waals surface area contributed by atoms with E-state index >= 15 is 0 Å². The van der Waals surface area contributed by atoms with Crippen LogP contribution in [0.5, 0.6) is 0 Å². The van der Waals surface area contributed by atoms with Crippen LogP contribution in [0.2, 0.25) is 0 Å². The van der Waals surface area contributed by atoms with Gasteiger partial charge in [-0.1, -0.05) is 50.2 Å². The minimum atomic E-state index is -0.422. The van der Waals surface area contributed by atoms with Crippen LogP contribution < -0.4 is 16.4 Å². The van der Waals surface area contributed by atoms with Crippen LogP contribution in [0.4, 0.5) is 0 Å². The van der Waals surface area contributed by atoms with E-state index in [1.165, 1.54) is 11.1 Å². The van der Waals surface area contributed by atoms with Gasteiger partial charge in [0, 0.05) is 19.2 Å². The first-order chi connectivity index (χ1) is 12.9. The third-order valence-electron chi connectivity index (χ3n) is 4.37. The third kappa shape index (κ3) is 7.50. The Kier molecular flexibility index (Phi) is 9.99. The van der Waals surface area contributed by atoms with Gasteiger partial charge in [-0.3, -0.25) is 9.79 Å². The molecule has 2 aromatic carbocycles. The third-order valence-corrected chi connectivity index (χ3v) is 4.37. The van der Waals surface area contributed by atoms with Gasteiger partial charge in [-0.2, -0.15) is 0 Å². The summed E-state index contributed by atoms with van der Waals surface area (Å²) in [5.74, 6) is 0.939. The van der Waals surface area contributed by atoms with Gasteiger partial charge in [-0.15, -0.1) is 24.0 Å². The lowest BCUT2D eigenvalue weighted by Crippen LogP contribution is -2.38. The Morgan fingerprint density at radius 2 is 1.75 bits per heavy atom. The maximum atomic E-state index is 11.3. The molecule has 1 atom stereocenters. The molecule has 0 saturated carbocycles. The minimum Gasteiger partial charge on any atom is -0.366 e. The van der Waals surface area contributed by atoms with Crippen LogP contribution in [-0.4, -0.2) is 18.9 Å². The van der Waals surface area contributed by atoms with Crippen molar-refractivity contribution >= 4 is 35.8 Å². The molecule has 0 bridgehead atoms. The lowest BCUT2D eigenvalue weighted by atomic mass is 10.00. The summed E-state index contributed by atoms with van der Waals surface area (Å²) in [4.78, 5) is 15.6. The van der Waals surface area contributed by atoms with Crippen molar-refractivity contribution in [1.29, 1.82) is 0 Å². The highest BCUT2D eigenvalue weighted by molar-refractivity contribution is 14.0. The number of nitrogens with zero attached hydrogens (tertiary/aromatic N) is 1. The predicted molar refractivity (Wildman–Crippen MR) is 127 cm³/mol. The summed E-state index contributed by atoms with van der Waals surface area (Å²) in [6.45, 7) is 7.12. The summed E-state index contributed by atoms with van der Waals surface area (Å²) in [6.07, 6.45) is 1.09. The molecular weight excluding hydrogens is 463 g/mol. The van der Waals surface area contributed by atoms with E-state index in [0.29, 0.717) is 24.0 Å². The first-order valence-electron chi connectivity index (χ1n) is 9.33.